The number of sulfone groups is 1. The summed E-state index contributed by atoms with van der Waals surface area (Å²) in [5, 5.41) is 0. The highest BCUT2D eigenvalue weighted by Crippen LogP contribution is 2.25. The van der Waals surface area contributed by atoms with Gasteiger partial charge in [0, 0.05) is 45.3 Å². The SMILES string of the molecule is CN(C)C(=O)c1ccccc1S(=O)(=O)c1ccc(CCC(=O)c2cnc3nccn3c2)cc1. The molecule has 0 unspecified atom stereocenters. The fourth-order valence-electron chi connectivity index (χ4n) is 3.44. The number of rotatable bonds is 7. The van der Waals surface area contributed by atoms with Gasteiger partial charge in [-0.3, -0.25) is 14.0 Å². The number of Topliss-reactive ketones (excluding diaryl/α,β-unsaturated/α-hetero) is 1. The number of ketones is 1. The molecule has 2 aromatic carbocycles. The topological polar surface area (TPSA) is 102 Å². The second kappa shape index (κ2) is 8.95. The lowest BCUT2D eigenvalue weighted by atomic mass is 10.0. The van der Waals surface area contributed by atoms with Crippen molar-refractivity contribution >= 4 is 27.3 Å². The van der Waals surface area contributed by atoms with Gasteiger partial charge in [0.2, 0.25) is 15.6 Å². The maximum Gasteiger partial charge on any atom is 0.254 e. The van der Waals surface area contributed by atoms with Gasteiger partial charge in [-0.25, -0.2) is 18.4 Å². The first kappa shape index (κ1) is 22.3. The van der Waals surface area contributed by atoms with Crippen molar-refractivity contribution in [1.82, 2.24) is 19.3 Å². The quantitative estimate of drug-likeness (QED) is 0.391. The van der Waals surface area contributed by atoms with E-state index in [1.807, 2.05) is 0 Å². The minimum absolute atomic E-state index is 0.0333. The van der Waals surface area contributed by atoms with Crippen LogP contribution in [-0.2, 0) is 16.3 Å². The Morgan fingerprint density at radius 3 is 2.45 bits per heavy atom. The fraction of sp³-hybridized carbons (Fsp3) is 0.167. The van der Waals surface area contributed by atoms with Crippen molar-refractivity contribution in [2.45, 2.75) is 22.6 Å². The van der Waals surface area contributed by atoms with Crippen LogP contribution >= 0.6 is 0 Å². The average Bonchev–Trinajstić information content (AvgIpc) is 3.30. The van der Waals surface area contributed by atoms with Gasteiger partial charge in [0.1, 0.15) is 0 Å². The van der Waals surface area contributed by atoms with Crippen LogP contribution in [0.15, 0.2) is 83.1 Å². The van der Waals surface area contributed by atoms with Crippen LogP contribution in [0, 0.1) is 0 Å². The molecule has 0 aliphatic rings. The minimum Gasteiger partial charge on any atom is -0.345 e. The van der Waals surface area contributed by atoms with Crippen LogP contribution in [0.4, 0.5) is 0 Å². The Bertz CT molecular complexity index is 1440. The van der Waals surface area contributed by atoms with Gasteiger partial charge < -0.3 is 4.90 Å². The summed E-state index contributed by atoms with van der Waals surface area (Å²) in [4.78, 5) is 34.6. The standard InChI is InChI=1S/C24H22N4O4S/c1-27(2)23(30)20-5-3-4-6-22(20)33(31,32)19-10-7-17(8-11-19)9-12-21(29)18-15-26-24-25-13-14-28(24)16-18/h3-8,10-11,13-16H,9,12H2,1-2H3. The van der Waals surface area contributed by atoms with Crippen LogP contribution in [0.5, 0.6) is 0 Å². The summed E-state index contributed by atoms with van der Waals surface area (Å²) in [7, 11) is -0.736. The van der Waals surface area contributed by atoms with Gasteiger partial charge in [-0.15, -0.1) is 0 Å². The Hall–Kier alpha value is -3.85. The first-order valence-electron chi connectivity index (χ1n) is 10.2. The number of carbonyl (C=O) groups is 2. The molecule has 0 saturated heterocycles. The van der Waals surface area contributed by atoms with Gasteiger partial charge in [0.15, 0.2) is 5.78 Å². The normalized spacial score (nSPS) is 11.5. The lowest BCUT2D eigenvalue weighted by Gasteiger charge is -2.14. The van der Waals surface area contributed by atoms with Crippen molar-refractivity contribution in [3.63, 3.8) is 0 Å². The molecule has 2 heterocycles. The van der Waals surface area contributed by atoms with E-state index in [0.29, 0.717) is 17.8 Å². The molecule has 0 N–H and O–H groups in total. The minimum atomic E-state index is -3.89. The van der Waals surface area contributed by atoms with Crippen LogP contribution < -0.4 is 0 Å². The van der Waals surface area contributed by atoms with Gasteiger partial charge in [-0.05, 0) is 36.2 Å². The molecular weight excluding hydrogens is 440 g/mol. The summed E-state index contributed by atoms with van der Waals surface area (Å²) in [6.07, 6.45) is 7.25. The molecule has 0 aliphatic heterocycles. The van der Waals surface area contributed by atoms with E-state index >= 15 is 0 Å². The molecule has 4 aromatic rings. The number of carbonyl (C=O) groups excluding carboxylic acids is 2. The Morgan fingerprint density at radius 2 is 1.73 bits per heavy atom. The Balaban J connectivity index is 1.50. The molecule has 0 fully saturated rings. The summed E-state index contributed by atoms with van der Waals surface area (Å²) < 4.78 is 28.1. The van der Waals surface area contributed by atoms with Gasteiger partial charge in [0.05, 0.1) is 20.9 Å². The molecule has 1 amide bonds. The van der Waals surface area contributed by atoms with Gasteiger partial charge in [-0.1, -0.05) is 24.3 Å². The third-order valence-electron chi connectivity index (χ3n) is 5.26. The molecule has 9 heteroatoms. The van der Waals surface area contributed by atoms with Gasteiger partial charge in [0.25, 0.3) is 5.91 Å². The molecule has 4 rings (SSSR count). The smallest absolute Gasteiger partial charge is 0.254 e. The van der Waals surface area contributed by atoms with E-state index in [1.54, 1.807) is 61.4 Å². The van der Waals surface area contributed by atoms with E-state index in [2.05, 4.69) is 9.97 Å². The Kier molecular flexibility index (Phi) is 6.06. The first-order chi connectivity index (χ1) is 15.8. The maximum absolute atomic E-state index is 13.2. The number of benzene rings is 2. The summed E-state index contributed by atoms with van der Waals surface area (Å²) in [5.41, 5.74) is 1.44. The van der Waals surface area contributed by atoms with Crippen molar-refractivity contribution in [2.24, 2.45) is 0 Å². The molecule has 33 heavy (non-hydrogen) atoms. The molecule has 0 saturated carbocycles. The van der Waals surface area contributed by atoms with E-state index in [0.717, 1.165) is 5.56 Å². The van der Waals surface area contributed by atoms with E-state index in [4.69, 9.17) is 0 Å². The molecule has 0 spiro atoms. The predicted octanol–water partition coefficient (Wildman–Crippen LogP) is 3.08. The molecule has 2 aromatic heterocycles. The fourth-order valence-corrected chi connectivity index (χ4v) is 4.89. The lowest BCUT2D eigenvalue weighted by molar-refractivity contribution is 0.0823. The highest BCUT2D eigenvalue weighted by molar-refractivity contribution is 7.91. The number of imidazole rings is 1. The van der Waals surface area contributed by atoms with E-state index in [1.165, 1.54) is 35.4 Å². The number of aryl methyl sites for hydroxylation is 1. The molecule has 0 bridgehead atoms. The van der Waals surface area contributed by atoms with Crippen molar-refractivity contribution in [3.05, 3.63) is 90.0 Å². The molecule has 8 nitrogen and oxygen atoms in total. The summed E-state index contributed by atoms with van der Waals surface area (Å²) in [5.74, 6) is 0.0794. The van der Waals surface area contributed by atoms with Crippen molar-refractivity contribution in [1.29, 1.82) is 0 Å². The number of hydrogen-bond acceptors (Lipinski definition) is 6. The average molecular weight is 463 g/mol. The number of aromatic nitrogens is 3. The van der Waals surface area contributed by atoms with Crippen LogP contribution in [0.3, 0.4) is 0 Å². The maximum atomic E-state index is 13.2. The highest BCUT2D eigenvalue weighted by atomic mass is 32.2. The molecule has 0 atom stereocenters. The zero-order valence-corrected chi connectivity index (χ0v) is 19.0. The number of fused-ring (bicyclic) bond motifs is 1. The van der Waals surface area contributed by atoms with Crippen LogP contribution in [-0.4, -0.2) is 53.5 Å². The third kappa shape index (κ3) is 4.54. The van der Waals surface area contributed by atoms with E-state index in [9.17, 15) is 18.0 Å². The largest absolute Gasteiger partial charge is 0.345 e. The number of nitrogens with zero attached hydrogens (tertiary/aromatic N) is 4. The number of amides is 1. The zero-order valence-electron chi connectivity index (χ0n) is 18.2. The van der Waals surface area contributed by atoms with Gasteiger partial charge >= 0.3 is 0 Å². The van der Waals surface area contributed by atoms with E-state index in [-0.39, 0.29) is 33.5 Å². The summed E-state index contributed by atoms with van der Waals surface area (Å²) >= 11 is 0. The monoisotopic (exact) mass is 462 g/mol. The molecule has 168 valence electrons. The Labute approximate surface area is 191 Å². The van der Waals surface area contributed by atoms with Crippen LogP contribution in [0.1, 0.15) is 32.7 Å². The second-order valence-corrected chi connectivity index (χ2v) is 9.66. The predicted molar refractivity (Wildman–Crippen MR) is 122 cm³/mol. The second-order valence-electron chi connectivity index (χ2n) is 7.74. The lowest BCUT2D eigenvalue weighted by Crippen LogP contribution is -2.23. The van der Waals surface area contributed by atoms with Crippen molar-refractivity contribution in [3.8, 4) is 0 Å². The molecule has 0 radical (unpaired) electrons. The van der Waals surface area contributed by atoms with Crippen LogP contribution in [0.2, 0.25) is 0 Å². The molecular formula is C24H22N4O4S. The van der Waals surface area contributed by atoms with Crippen molar-refractivity contribution < 1.29 is 18.0 Å². The zero-order chi connectivity index (χ0) is 23.6. The summed E-state index contributed by atoms with van der Waals surface area (Å²) in [6.45, 7) is 0. The Morgan fingerprint density at radius 1 is 1.00 bits per heavy atom. The number of hydrogen-bond donors (Lipinski definition) is 0. The highest BCUT2D eigenvalue weighted by Gasteiger charge is 2.25. The van der Waals surface area contributed by atoms with E-state index < -0.39 is 9.84 Å². The third-order valence-corrected chi connectivity index (χ3v) is 7.08. The molecule has 0 aliphatic carbocycles. The first-order valence-corrected chi connectivity index (χ1v) is 11.7. The van der Waals surface area contributed by atoms with Gasteiger partial charge in [-0.2, -0.15) is 0 Å². The van der Waals surface area contributed by atoms with Crippen LogP contribution in [0.25, 0.3) is 5.78 Å². The van der Waals surface area contributed by atoms with Crippen molar-refractivity contribution in [2.75, 3.05) is 14.1 Å². The summed E-state index contributed by atoms with van der Waals surface area (Å²) in [6, 6.07) is 12.6.